The van der Waals surface area contributed by atoms with E-state index in [0.717, 1.165) is 5.56 Å². The van der Waals surface area contributed by atoms with Gasteiger partial charge in [-0.1, -0.05) is 44.2 Å². The van der Waals surface area contributed by atoms with Crippen LogP contribution in [0.2, 0.25) is 0 Å². The van der Waals surface area contributed by atoms with E-state index in [1.807, 2.05) is 44.2 Å². The molecule has 3 rings (SSSR count). The number of nitrogens with zero attached hydrogens (tertiary/aromatic N) is 2. The zero-order chi connectivity index (χ0) is 17.6. The predicted molar refractivity (Wildman–Crippen MR) is 93.5 cm³/mol. The smallest absolute Gasteiger partial charge is 0.408 e. The summed E-state index contributed by atoms with van der Waals surface area (Å²) in [5.74, 6) is 1.48. The van der Waals surface area contributed by atoms with Crippen LogP contribution in [0.1, 0.15) is 31.3 Å². The van der Waals surface area contributed by atoms with Crippen molar-refractivity contribution in [2.24, 2.45) is 5.92 Å². The SMILES string of the molecule is CC(C)[C@H](NC(=O)OCc1ccccc1)c1nc(-c2ncc[nH]2)c[nH]1. The Balaban J connectivity index is 1.64. The zero-order valence-corrected chi connectivity index (χ0v) is 14.2. The van der Waals surface area contributed by atoms with Crippen molar-refractivity contribution < 1.29 is 9.53 Å². The van der Waals surface area contributed by atoms with Gasteiger partial charge in [0.15, 0.2) is 5.82 Å². The number of rotatable bonds is 6. The first-order valence-corrected chi connectivity index (χ1v) is 8.15. The number of amides is 1. The van der Waals surface area contributed by atoms with Gasteiger partial charge < -0.3 is 20.0 Å². The minimum atomic E-state index is -0.474. The summed E-state index contributed by atoms with van der Waals surface area (Å²) < 4.78 is 5.30. The van der Waals surface area contributed by atoms with E-state index in [1.54, 1.807) is 18.6 Å². The van der Waals surface area contributed by atoms with E-state index < -0.39 is 6.09 Å². The molecule has 3 aromatic rings. The number of benzene rings is 1. The number of aromatic amines is 2. The van der Waals surface area contributed by atoms with Crippen LogP contribution in [-0.2, 0) is 11.3 Å². The van der Waals surface area contributed by atoms with Crippen LogP contribution in [0, 0.1) is 5.92 Å². The molecule has 0 saturated heterocycles. The Morgan fingerprint density at radius 2 is 2.04 bits per heavy atom. The molecule has 0 aliphatic rings. The van der Waals surface area contributed by atoms with E-state index in [-0.39, 0.29) is 18.6 Å². The Morgan fingerprint density at radius 1 is 1.24 bits per heavy atom. The van der Waals surface area contributed by atoms with Crippen LogP contribution in [0.15, 0.2) is 48.9 Å². The van der Waals surface area contributed by atoms with Crippen molar-refractivity contribution in [2.75, 3.05) is 0 Å². The van der Waals surface area contributed by atoms with Crippen molar-refractivity contribution in [2.45, 2.75) is 26.5 Å². The molecule has 7 heteroatoms. The fourth-order valence-electron chi connectivity index (χ4n) is 2.47. The number of carbonyl (C=O) groups excluding carboxylic acids is 1. The molecule has 1 amide bonds. The summed E-state index contributed by atoms with van der Waals surface area (Å²) in [6.07, 6.45) is 4.70. The molecule has 0 aliphatic carbocycles. The highest BCUT2D eigenvalue weighted by molar-refractivity contribution is 5.67. The lowest BCUT2D eigenvalue weighted by Crippen LogP contribution is -2.32. The van der Waals surface area contributed by atoms with E-state index in [9.17, 15) is 4.79 Å². The van der Waals surface area contributed by atoms with Gasteiger partial charge in [-0.25, -0.2) is 14.8 Å². The minimum Gasteiger partial charge on any atom is -0.445 e. The molecule has 0 radical (unpaired) electrons. The molecule has 130 valence electrons. The molecule has 1 atom stereocenters. The molecular weight excluding hydrogens is 318 g/mol. The zero-order valence-electron chi connectivity index (χ0n) is 14.2. The third kappa shape index (κ3) is 4.26. The first-order valence-electron chi connectivity index (χ1n) is 8.15. The van der Waals surface area contributed by atoms with Crippen molar-refractivity contribution in [1.29, 1.82) is 0 Å². The van der Waals surface area contributed by atoms with Gasteiger partial charge >= 0.3 is 6.09 Å². The first-order chi connectivity index (χ1) is 12.1. The quantitative estimate of drug-likeness (QED) is 0.641. The summed E-state index contributed by atoms with van der Waals surface area (Å²) in [4.78, 5) is 27.0. The highest BCUT2D eigenvalue weighted by atomic mass is 16.5. The van der Waals surface area contributed by atoms with Gasteiger partial charge in [-0.2, -0.15) is 0 Å². The Bertz CT molecular complexity index is 796. The summed E-state index contributed by atoms with van der Waals surface area (Å²) in [7, 11) is 0. The molecule has 0 spiro atoms. The number of nitrogens with one attached hydrogen (secondary N) is 3. The van der Waals surface area contributed by atoms with Crippen molar-refractivity contribution in [3.05, 3.63) is 60.3 Å². The third-order valence-electron chi connectivity index (χ3n) is 3.79. The van der Waals surface area contributed by atoms with Gasteiger partial charge in [-0.3, -0.25) is 0 Å². The van der Waals surface area contributed by atoms with Crippen LogP contribution >= 0.6 is 0 Å². The number of alkyl carbamates (subject to hydrolysis) is 1. The summed E-state index contributed by atoms with van der Waals surface area (Å²) in [6.45, 7) is 4.25. The van der Waals surface area contributed by atoms with Gasteiger partial charge in [0, 0.05) is 18.6 Å². The fourth-order valence-corrected chi connectivity index (χ4v) is 2.47. The maximum atomic E-state index is 12.1. The number of ether oxygens (including phenoxy) is 1. The normalized spacial score (nSPS) is 12.1. The van der Waals surface area contributed by atoms with Crippen LogP contribution in [0.25, 0.3) is 11.5 Å². The summed E-state index contributed by atoms with van der Waals surface area (Å²) in [5, 5.41) is 2.88. The summed E-state index contributed by atoms with van der Waals surface area (Å²) in [6, 6.07) is 9.28. The minimum absolute atomic E-state index is 0.139. The molecule has 3 N–H and O–H groups in total. The van der Waals surface area contributed by atoms with Crippen LogP contribution in [0.5, 0.6) is 0 Å². The van der Waals surface area contributed by atoms with Gasteiger partial charge in [0.25, 0.3) is 0 Å². The monoisotopic (exact) mass is 339 g/mol. The van der Waals surface area contributed by atoms with E-state index in [2.05, 4.69) is 25.3 Å². The van der Waals surface area contributed by atoms with E-state index in [4.69, 9.17) is 4.74 Å². The van der Waals surface area contributed by atoms with Gasteiger partial charge in [0.05, 0.1) is 6.04 Å². The van der Waals surface area contributed by atoms with Crippen LogP contribution in [0.3, 0.4) is 0 Å². The standard InChI is InChI=1S/C18H21N5O2/c1-12(2)15(17-21-10-14(22-17)16-19-8-9-20-16)23-18(24)25-11-13-6-4-3-5-7-13/h3-10,12,15H,11H2,1-2H3,(H,19,20)(H,21,22)(H,23,24)/t15-/m0/s1. The maximum Gasteiger partial charge on any atom is 0.408 e. The Kier molecular flexibility index (Phi) is 5.13. The van der Waals surface area contributed by atoms with Gasteiger partial charge in [0.2, 0.25) is 0 Å². The molecular formula is C18H21N5O2. The molecule has 7 nitrogen and oxygen atoms in total. The molecule has 25 heavy (non-hydrogen) atoms. The summed E-state index contributed by atoms with van der Waals surface area (Å²) in [5.41, 5.74) is 1.64. The largest absolute Gasteiger partial charge is 0.445 e. The number of hydrogen-bond acceptors (Lipinski definition) is 4. The Morgan fingerprint density at radius 3 is 2.72 bits per heavy atom. The number of carbonyl (C=O) groups is 1. The second-order valence-electron chi connectivity index (χ2n) is 6.04. The maximum absolute atomic E-state index is 12.1. The molecule has 0 unspecified atom stereocenters. The van der Waals surface area contributed by atoms with Crippen LogP contribution < -0.4 is 5.32 Å². The van der Waals surface area contributed by atoms with E-state index >= 15 is 0 Å². The van der Waals surface area contributed by atoms with Crippen LogP contribution in [0.4, 0.5) is 4.79 Å². The average Bonchev–Trinajstić information content (AvgIpc) is 3.29. The number of hydrogen-bond donors (Lipinski definition) is 3. The Labute approximate surface area is 145 Å². The first kappa shape index (κ1) is 16.8. The van der Waals surface area contributed by atoms with Gasteiger partial charge in [-0.15, -0.1) is 0 Å². The molecule has 2 heterocycles. The van der Waals surface area contributed by atoms with Crippen molar-refractivity contribution in [3.8, 4) is 11.5 Å². The number of imidazole rings is 2. The lowest BCUT2D eigenvalue weighted by atomic mass is 10.0. The molecule has 0 aliphatic heterocycles. The molecule has 0 fully saturated rings. The second-order valence-corrected chi connectivity index (χ2v) is 6.04. The molecule has 0 bridgehead atoms. The topological polar surface area (TPSA) is 95.7 Å². The highest BCUT2D eigenvalue weighted by Gasteiger charge is 2.22. The molecule has 0 saturated carbocycles. The fraction of sp³-hybridized carbons (Fsp3) is 0.278. The third-order valence-corrected chi connectivity index (χ3v) is 3.79. The predicted octanol–water partition coefficient (Wildman–Crippen LogP) is 3.42. The lowest BCUT2D eigenvalue weighted by molar-refractivity contribution is 0.132. The van der Waals surface area contributed by atoms with E-state index in [1.165, 1.54) is 0 Å². The van der Waals surface area contributed by atoms with Crippen molar-refractivity contribution in [1.82, 2.24) is 25.3 Å². The van der Waals surface area contributed by atoms with Gasteiger partial charge in [0.1, 0.15) is 18.1 Å². The van der Waals surface area contributed by atoms with Crippen molar-refractivity contribution in [3.63, 3.8) is 0 Å². The van der Waals surface area contributed by atoms with Gasteiger partial charge in [-0.05, 0) is 11.5 Å². The number of H-pyrrole nitrogens is 2. The van der Waals surface area contributed by atoms with Crippen molar-refractivity contribution >= 4 is 6.09 Å². The second kappa shape index (κ2) is 7.65. The lowest BCUT2D eigenvalue weighted by Gasteiger charge is -2.20. The van der Waals surface area contributed by atoms with E-state index in [0.29, 0.717) is 17.3 Å². The summed E-state index contributed by atoms with van der Waals surface area (Å²) >= 11 is 0. The van der Waals surface area contributed by atoms with Crippen LogP contribution in [-0.4, -0.2) is 26.0 Å². The number of aromatic nitrogens is 4. The molecule has 1 aromatic carbocycles. The highest BCUT2D eigenvalue weighted by Crippen LogP contribution is 2.21. The Hall–Kier alpha value is -3.09. The average molecular weight is 339 g/mol. The molecule has 2 aromatic heterocycles.